The molecule has 1 fully saturated rings. The summed E-state index contributed by atoms with van der Waals surface area (Å²) in [7, 11) is 0. The fraction of sp³-hybridized carbons (Fsp3) is 0.583. The normalized spacial score (nSPS) is 23.1. The average molecular weight is 239 g/mol. The molecule has 1 aromatic rings. The highest BCUT2D eigenvalue weighted by Crippen LogP contribution is 2.49. The number of nitrogens with one attached hydrogen (secondary N) is 1. The number of aryl methyl sites for hydroxylation is 1. The highest BCUT2D eigenvalue weighted by molar-refractivity contribution is 7.12. The summed E-state index contributed by atoms with van der Waals surface area (Å²) in [5.41, 5.74) is 0. The van der Waals surface area contributed by atoms with Gasteiger partial charge < -0.3 is 10.4 Å². The molecule has 1 aliphatic carbocycles. The van der Waals surface area contributed by atoms with Crippen molar-refractivity contribution in [2.45, 2.75) is 25.7 Å². The van der Waals surface area contributed by atoms with Gasteiger partial charge in [-0.05, 0) is 31.9 Å². The molecule has 0 radical (unpaired) electrons. The quantitative estimate of drug-likeness (QED) is 0.768. The molecule has 1 amide bonds. The summed E-state index contributed by atoms with van der Waals surface area (Å²) in [5, 5.41) is 11.5. The van der Waals surface area contributed by atoms with Crippen LogP contribution in [0.4, 0.5) is 0 Å². The van der Waals surface area contributed by atoms with Gasteiger partial charge in [0.05, 0.1) is 0 Å². The predicted octanol–water partition coefficient (Wildman–Crippen LogP) is 1.66. The van der Waals surface area contributed by atoms with Gasteiger partial charge in [0.25, 0.3) is 0 Å². The molecule has 16 heavy (non-hydrogen) atoms. The van der Waals surface area contributed by atoms with Crippen LogP contribution in [0.15, 0.2) is 12.1 Å². The van der Waals surface area contributed by atoms with Crippen LogP contribution >= 0.6 is 11.3 Å². The third-order valence-corrected chi connectivity index (χ3v) is 4.02. The van der Waals surface area contributed by atoms with Crippen molar-refractivity contribution in [1.29, 1.82) is 0 Å². The molecule has 2 N–H and O–H groups in total. The number of carbonyl (C=O) groups is 1. The van der Waals surface area contributed by atoms with Gasteiger partial charge in [-0.3, -0.25) is 4.79 Å². The zero-order chi connectivity index (χ0) is 11.5. The number of hydrogen-bond acceptors (Lipinski definition) is 3. The van der Waals surface area contributed by atoms with Crippen molar-refractivity contribution in [2.24, 2.45) is 5.92 Å². The summed E-state index contributed by atoms with van der Waals surface area (Å²) < 4.78 is 0. The maximum Gasteiger partial charge on any atom is 0.223 e. The van der Waals surface area contributed by atoms with Gasteiger partial charge in [-0.15, -0.1) is 11.3 Å². The molecular weight excluding hydrogens is 222 g/mol. The number of hydrogen-bond donors (Lipinski definition) is 2. The molecule has 0 spiro atoms. The fourth-order valence-electron chi connectivity index (χ4n) is 1.87. The number of aliphatic hydroxyl groups is 1. The largest absolute Gasteiger partial charge is 0.396 e. The van der Waals surface area contributed by atoms with Crippen LogP contribution in [0.5, 0.6) is 0 Å². The molecule has 3 nitrogen and oxygen atoms in total. The zero-order valence-electron chi connectivity index (χ0n) is 9.40. The van der Waals surface area contributed by atoms with Gasteiger partial charge in [0.2, 0.25) is 5.91 Å². The van der Waals surface area contributed by atoms with E-state index in [0.29, 0.717) is 18.9 Å². The van der Waals surface area contributed by atoms with Crippen LogP contribution in [0.1, 0.15) is 28.5 Å². The Hall–Kier alpha value is -0.870. The molecule has 0 aromatic carbocycles. The van der Waals surface area contributed by atoms with Gasteiger partial charge >= 0.3 is 0 Å². The second-order valence-corrected chi connectivity index (χ2v) is 5.58. The lowest BCUT2D eigenvalue weighted by atomic mass is 10.2. The van der Waals surface area contributed by atoms with Gasteiger partial charge in [-0.2, -0.15) is 0 Å². The molecule has 2 atom stereocenters. The van der Waals surface area contributed by atoms with Crippen LogP contribution in [-0.2, 0) is 4.79 Å². The third kappa shape index (κ3) is 2.62. The van der Waals surface area contributed by atoms with Crippen molar-refractivity contribution in [2.75, 3.05) is 13.2 Å². The first-order valence-electron chi connectivity index (χ1n) is 5.67. The van der Waals surface area contributed by atoms with Gasteiger partial charge in [0.15, 0.2) is 0 Å². The summed E-state index contributed by atoms with van der Waals surface area (Å²) in [6.07, 6.45) is 1.62. The number of carbonyl (C=O) groups excluding carboxylic acids is 1. The molecule has 4 heteroatoms. The monoisotopic (exact) mass is 239 g/mol. The molecule has 1 aromatic heterocycles. The molecule has 88 valence electrons. The SMILES string of the molecule is Cc1ccc([C@H]2C[C@@H]2C(=O)NCCCO)s1. The van der Waals surface area contributed by atoms with E-state index in [0.717, 1.165) is 6.42 Å². The van der Waals surface area contributed by atoms with Crippen molar-refractivity contribution >= 4 is 17.2 Å². The minimum atomic E-state index is 0.137. The second-order valence-electron chi connectivity index (χ2n) is 4.27. The van der Waals surface area contributed by atoms with Gasteiger partial charge in [-0.25, -0.2) is 0 Å². The van der Waals surface area contributed by atoms with Crippen LogP contribution in [-0.4, -0.2) is 24.2 Å². The number of thiophene rings is 1. The van der Waals surface area contributed by atoms with E-state index in [4.69, 9.17) is 5.11 Å². The molecule has 0 unspecified atom stereocenters. The Kier molecular flexibility index (Phi) is 3.61. The molecule has 0 saturated heterocycles. The zero-order valence-corrected chi connectivity index (χ0v) is 10.2. The minimum Gasteiger partial charge on any atom is -0.396 e. The van der Waals surface area contributed by atoms with Crippen LogP contribution in [0, 0.1) is 12.8 Å². The summed E-state index contributed by atoms with van der Waals surface area (Å²) >= 11 is 1.79. The van der Waals surface area contributed by atoms with Gasteiger partial charge in [-0.1, -0.05) is 0 Å². The van der Waals surface area contributed by atoms with Crippen molar-refractivity contribution in [3.8, 4) is 0 Å². The molecule has 1 saturated carbocycles. The first kappa shape index (κ1) is 11.6. The van der Waals surface area contributed by atoms with Gasteiger partial charge in [0, 0.05) is 34.7 Å². The fourth-order valence-corrected chi connectivity index (χ4v) is 2.93. The van der Waals surface area contributed by atoms with Crippen molar-refractivity contribution < 1.29 is 9.90 Å². The lowest BCUT2D eigenvalue weighted by molar-refractivity contribution is -0.122. The van der Waals surface area contributed by atoms with E-state index in [9.17, 15) is 4.79 Å². The Labute approximate surface area is 99.5 Å². The first-order valence-corrected chi connectivity index (χ1v) is 6.49. The van der Waals surface area contributed by atoms with E-state index >= 15 is 0 Å². The topological polar surface area (TPSA) is 49.3 Å². The summed E-state index contributed by atoms with van der Waals surface area (Å²) in [6, 6.07) is 4.24. The first-order chi connectivity index (χ1) is 7.72. The van der Waals surface area contributed by atoms with E-state index < -0.39 is 0 Å². The van der Waals surface area contributed by atoms with E-state index in [-0.39, 0.29) is 18.4 Å². The Morgan fingerprint density at radius 2 is 2.44 bits per heavy atom. The highest BCUT2D eigenvalue weighted by Gasteiger charge is 2.44. The standard InChI is InChI=1S/C12H17NO2S/c1-8-3-4-11(16-8)9-7-10(9)12(15)13-5-2-6-14/h3-4,9-10,14H,2,5-7H2,1H3,(H,13,15)/t9-,10-/m0/s1. The van der Waals surface area contributed by atoms with E-state index in [2.05, 4.69) is 24.4 Å². The maximum absolute atomic E-state index is 11.7. The summed E-state index contributed by atoms with van der Waals surface area (Å²) in [6.45, 7) is 2.81. The van der Waals surface area contributed by atoms with E-state index in [1.165, 1.54) is 9.75 Å². The Balaban J connectivity index is 1.80. The minimum absolute atomic E-state index is 0.137. The summed E-state index contributed by atoms with van der Waals surface area (Å²) in [5.74, 6) is 0.745. The van der Waals surface area contributed by atoms with E-state index in [1.807, 2.05) is 0 Å². The number of aliphatic hydroxyl groups excluding tert-OH is 1. The Morgan fingerprint density at radius 3 is 3.06 bits per heavy atom. The van der Waals surface area contributed by atoms with Crippen LogP contribution in [0.2, 0.25) is 0 Å². The van der Waals surface area contributed by atoms with E-state index in [1.54, 1.807) is 11.3 Å². The van der Waals surface area contributed by atoms with Crippen LogP contribution in [0.25, 0.3) is 0 Å². The lowest BCUT2D eigenvalue weighted by Crippen LogP contribution is -2.26. The van der Waals surface area contributed by atoms with Crippen molar-refractivity contribution in [1.82, 2.24) is 5.32 Å². The smallest absolute Gasteiger partial charge is 0.223 e. The molecule has 1 aliphatic rings. The van der Waals surface area contributed by atoms with Crippen molar-refractivity contribution in [3.05, 3.63) is 21.9 Å². The van der Waals surface area contributed by atoms with Crippen LogP contribution < -0.4 is 5.32 Å². The molecular formula is C12H17NO2S. The Bertz CT molecular complexity index is 375. The number of rotatable bonds is 5. The molecule has 0 aliphatic heterocycles. The molecule has 2 rings (SSSR count). The Morgan fingerprint density at radius 1 is 1.62 bits per heavy atom. The van der Waals surface area contributed by atoms with Crippen LogP contribution in [0.3, 0.4) is 0 Å². The van der Waals surface area contributed by atoms with Gasteiger partial charge in [0.1, 0.15) is 0 Å². The lowest BCUT2D eigenvalue weighted by Gasteiger charge is -2.02. The second kappa shape index (κ2) is 4.97. The summed E-state index contributed by atoms with van der Waals surface area (Å²) in [4.78, 5) is 14.3. The maximum atomic E-state index is 11.7. The van der Waals surface area contributed by atoms with Crippen molar-refractivity contribution in [3.63, 3.8) is 0 Å². The third-order valence-electron chi connectivity index (χ3n) is 2.89. The average Bonchev–Trinajstić information content (AvgIpc) is 2.95. The highest BCUT2D eigenvalue weighted by atomic mass is 32.1. The predicted molar refractivity (Wildman–Crippen MR) is 64.6 cm³/mol. The molecule has 1 heterocycles. The number of amides is 1. The molecule has 0 bridgehead atoms.